The summed E-state index contributed by atoms with van der Waals surface area (Å²) >= 11 is 0. The van der Waals surface area contributed by atoms with Gasteiger partial charge in [-0.1, -0.05) is 42.1 Å². The van der Waals surface area contributed by atoms with Gasteiger partial charge in [0, 0.05) is 0 Å². The van der Waals surface area contributed by atoms with Gasteiger partial charge in [0.25, 0.3) is 0 Å². The van der Waals surface area contributed by atoms with Crippen LogP contribution in [0.15, 0.2) is 36.0 Å². The van der Waals surface area contributed by atoms with Crippen molar-refractivity contribution in [3.63, 3.8) is 0 Å². The highest BCUT2D eigenvalue weighted by Gasteiger charge is 1.90. The molecular formula is C9H9NO. The van der Waals surface area contributed by atoms with Crippen LogP contribution in [-0.4, -0.2) is 0 Å². The maximum absolute atomic E-state index is 9.86. The third-order valence-corrected chi connectivity index (χ3v) is 1.46. The summed E-state index contributed by atoms with van der Waals surface area (Å²) in [6.45, 7) is 3.87. The van der Waals surface area contributed by atoms with Crippen molar-refractivity contribution in [1.29, 1.82) is 0 Å². The van der Waals surface area contributed by atoms with E-state index in [4.69, 9.17) is 0 Å². The molecule has 1 aromatic rings. The van der Waals surface area contributed by atoms with Crippen molar-refractivity contribution in [2.24, 2.45) is 5.18 Å². The third kappa shape index (κ3) is 2.00. The highest BCUT2D eigenvalue weighted by Crippen LogP contribution is 2.05. The van der Waals surface area contributed by atoms with Crippen LogP contribution in [0.4, 0.5) is 0 Å². The van der Waals surface area contributed by atoms with Crippen LogP contribution >= 0.6 is 0 Å². The Morgan fingerprint density at radius 2 is 2.00 bits per heavy atom. The number of nitrogens with zero attached hydrogens (tertiary/aromatic N) is 1. The van der Waals surface area contributed by atoms with Crippen LogP contribution in [0.3, 0.4) is 0 Å². The lowest BCUT2D eigenvalue weighted by Gasteiger charge is -1.94. The smallest absolute Gasteiger partial charge is 0.106 e. The van der Waals surface area contributed by atoms with E-state index in [2.05, 4.69) is 11.8 Å². The maximum atomic E-state index is 9.86. The second-order valence-electron chi connectivity index (χ2n) is 2.23. The Morgan fingerprint density at radius 3 is 2.45 bits per heavy atom. The first-order valence-corrected chi connectivity index (χ1v) is 3.37. The van der Waals surface area contributed by atoms with Crippen molar-refractivity contribution in [1.82, 2.24) is 0 Å². The van der Waals surface area contributed by atoms with Crippen molar-refractivity contribution in [2.75, 3.05) is 0 Å². The Labute approximate surface area is 65.5 Å². The lowest BCUT2D eigenvalue weighted by molar-refractivity contribution is 1.05. The molecule has 0 aliphatic rings. The van der Waals surface area contributed by atoms with Gasteiger partial charge in [-0.2, -0.15) is 4.91 Å². The molecule has 0 bridgehead atoms. The van der Waals surface area contributed by atoms with E-state index in [0.717, 1.165) is 11.1 Å². The Morgan fingerprint density at radius 1 is 1.36 bits per heavy atom. The molecule has 0 atom stereocenters. The van der Waals surface area contributed by atoms with E-state index in [0.29, 0.717) is 0 Å². The summed E-state index contributed by atoms with van der Waals surface area (Å²) in [6, 6.07) is 7.57. The Bertz CT molecular complexity index is 251. The van der Waals surface area contributed by atoms with Gasteiger partial charge in [0.1, 0.15) is 6.54 Å². The van der Waals surface area contributed by atoms with Crippen LogP contribution in [0.1, 0.15) is 11.1 Å². The van der Waals surface area contributed by atoms with Crippen LogP contribution in [0, 0.1) is 4.91 Å². The van der Waals surface area contributed by atoms with E-state index in [9.17, 15) is 4.91 Å². The summed E-state index contributed by atoms with van der Waals surface area (Å²) in [4.78, 5) is 9.86. The zero-order valence-electron chi connectivity index (χ0n) is 6.16. The van der Waals surface area contributed by atoms with Gasteiger partial charge in [0.15, 0.2) is 0 Å². The molecule has 56 valence electrons. The maximum Gasteiger partial charge on any atom is 0.106 e. The largest absolute Gasteiger partial charge is 0.150 e. The molecule has 0 amide bonds. The van der Waals surface area contributed by atoms with Gasteiger partial charge < -0.3 is 0 Å². The lowest BCUT2D eigenvalue weighted by Crippen LogP contribution is -1.79. The van der Waals surface area contributed by atoms with E-state index in [1.807, 2.05) is 24.3 Å². The molecule has 11 heavy (non-hydrogen) atoms. The highest BCUT2D eigenvalue weighted by molar-refractivity contribution is 5.47. The quantitative estimate of drug-likeness (QED) is 0.604. The Balaban J connectivity index is 2.81. The molecule has 0 spiro atoms. The van der Waals surface area contributed by atoms with Crippen LogP contribution in [-0.2, 0) is 6.54 Å². The van der Waals surface area contributed by atoms with Crippen LogP contribution in [0.25, 0.3) is 6.08 Å². The van der Waals surface area contributed by atoms with Crippen LogP contribution in [0.2, 0.25) is 0 Å². The first-order chi connectivity index (χ1) is 5.36. The highest BCUT2D eigenvalue weighted by atomic mass is 16.3. The first kappa shape index (κ1) is 7.66. The molecule has 0 heterocycles. The molecule has 0 aliphatic carbocycles. The van der Waals surface area contributed by atoms with Crippen molar-refractivity contribution in [3.05, 3.63) is 46.9 Å². The normalized spacial score (nSPS) is 9.09. The molecule has 0 unspecified atom stereocenters. The van der Waals surface area contributed by atoms with Crippen LogP contribution in [0.5, 0.6) is 0 Å². The van der Waals surface area contributed by atoms with Crippen molar-refractivity contribution in [3.8, 4) is 0 Å². The van der Waals surface area contributed by atoms with Crippen molar-refractivity contribution < 1.29 is 0 Å². The molecule has 0 radical (unpaired) electrons. The zero-order valence-corrected chi connectivity index (χ0v) is 6.16. The van der Waals surface area contributed by atoms with Gasteiger partial charge in [0.2, 0.25) is 0 Å². The minimum Gasteiger partial charge on any atom is -0.150 e. The summed E-state index contributed by atoms with van der Waals surface area (Å²) in [6.07, 6.45) is 1.76. The van der Waals surface area contributed by atoms with Gasteiger partial charge in [-0.25, -0.2) is 0 Å². The van der Waals surface area contributed by atoms with Gasteiger partial charge >= 0.3 is 0 Å². The van der Waals surface area contributed by atoms with Crippen molar-refractivity contribution >= 4 is 6.08 Å². The number of hydrogen-bond donors (Lipinski definition) is 0. The number of hydrogen-bond acceptors (Lipinski definition) is 2. The number of benzene rings is 1. The molecule has 1 rings (SSSR count). The molecular weight excluding hydrogens is 138 g/mol. The van der Waals surface area contributed by atoms with Gasteiger partial charge in [0.05, 0.1) is 0 Å². The fraction of sp³-hybridized carbons (Fsp3) is 0.111. The van der Waals surface area contributed by atoms with E-state index in [1.54, 1.807) is 6.08 Å². The zero-order chi connectivity index (χ0) is 8.10. The Kier molecular flexibility index (Phi) is 2.55. The van der Waals surface area contributed by atoms with Gasteiger partial charge in [-0.3, -0.25) is 0 Å². The lowest BCUT2D eigenvalue weighted by atomic mass is 10.1. The fourth-order valence-electron chi connectivity index (χ4n) is 0.834. The molecule has 0 aliphatic heterocycles. The molecule has 1 aromatic carbocycles. The van der Waals surface area contributed by atoms with Gasteiger partial charge in [-0.05, 0) is 11.1 Å². The summed E-state index contributed by atoms with van der Waals surface area (Å²) < 4.78 is 0. The van der Waals surface area contributed by atoms with E-state index in [-0.39, 0.29) is 6.54 Å². The molecule has 0 fully saturated rings. The summed E-state index contributed by atoms with van der Waals surface area (Å²) in [5, 5.41) is 2.79. The molecule has 2 heteroatoms. The van der Waals surface area contributed by atoms with E-state index < -0.39 is 0 Å². The molecule has 0 N–H and O–H groups in total. The minimum absolute atomic E-state index is 0.247. The molecule has 0 saturated heterocycles. The third-order valence-electron chi connectivity index (χ3n) is 1.46. The summed E-state index contributed by atoms with van der Waals surface area (Å²) in [5.41, 5.74) is 1.99. The fourth-order valence-corrected chi connectivity index (χ4v) is 0.834. The second kappa shape index (κ2) is 3.66. The minimum atomic E-state index is 0.247. The topological polar surface area (TPSA) is 29.4 Å². The Hall–Kier alpha value is -1.44. The summed E-state index contributed by atoms with van der Waals surface area (Å²) in [7, 11) is 0. The predicted molar refractivity (Wildman–Crippen MR) is 46.0 cm³/mol. The number of nitroso groups, excluding NO2 is 1. The molecule has 0 saturated carbocycles. The summed E-state index contributed by atoms with van der Waals surface area (Å²) in [5.74, 6) is 0. The number of rotatable bonds is 3. The van der Waals surface area contributed by atoms with Crippen molar-refractivity contribution in [2.45, 2.75) is 6.54 Å². The standard InChI is InChI=1S/C9H9NO/c1-2-8-3-5-9(6-4-8)7-10-11/h2-6H,1,7H2. The average molecular weight is 147 g/mol. The van der Waals surface area contributed by atoms with E-state index >= 15 is 0 Å². The first-order valence-electron chi connectivity index (χ1n) is 3.37. The average Bonchev–Trinajstić information content (AvgIpc) is 2.07. The van der Waals surface area contributed by atoms with Crippen LogP contribution < -0.4 is 0 Å². The molecule has 0 aromatic heterocycles. The second-order valence-corrected chi connectivity index (χ2v) is 2.23. The van der Waals surface area contributed by atoms with E-state index in [1.165, 1.54) is 0 Å². The van der Waals surface area contributed by atoms with Gasteiger partial charge in [-0.15, -0.1) is 0 Å². The molecule has 2 nitrogen and oxygen atoms in total. The SMILES string of the molecule is C=Cc1ccc(CN=O)cc1. The monoisotopic (exact) mass is 147 g/mol. The predicted octanol–water partition coefficient (Wildman–Crippen LogP) is 2.60.